The Bertz CT molecular complexity index is 428. The van der Waals surface area contributed by atoms with Crippen molar-refractivity contribution in [1.82, 2.24) is 4.90 Å². The summed E-state index contributed by atoms with van der Waals surface area (Å²) in [6, 6.07) is 4.97. The molecule has 0 amide bonds. The quantitative estimate of drug-likeness (QED) is 0.362. The lowest BCUT2D eigenvalue weighted by atomic mass is 10.1. The lowest BCUT2D eigenvalue weighted by Crippen LogP contribution is -2.21. The third-order valence-electron chi connectivity index (χ3n) is 3.06. The van der Waals surface area contributed by atoms with Crippen LogP contribution in [0.15, 0.2) is 23.4 Å². The fourth-order valence-electron chi connectivity index (χ4n) is 2.14. The van der Waals surface area contributed by atoms with Crippen molar-refractivity contribution in [2.24, 2.45) is 10.9 Å². The summed E-state index contributed by atoms with van der Waals surface area (Å²) in [4.78, 5) is 2.20. The average Bonchev–Trinajstić information content (AvgIpc) is 2.84. The van der Waals surface area contributed by atoms with E-state index in [0.717, 1.165) is 13.1 Å². The van der Waals surface area contributed by atoms with Gasteiger partial charge in [-0.2, -0.15) is 0 Å². The molecule has 1 heterocycles. The van der Waals surface area contributed by atoms with E-state index >= 15 is 0 Å². The molecule has 3 N–H and O–H groups in total. The number of nitrogens with zero attached hydrogens (tertiary/aromatic N) is 2. The maximum absolute atomic E-state index is 14.1. The highest BCUT2D eigenvalue weighted by Gasteiger charge is 2.16. The lowest BCUT2D eigenvalue weighted by Gasteiger charge is -2.15. The first-order valence-electron chi connectivity index (χ1n) is 5.70. The molecule has 0 bridgehead atoms. The number of oxime groups is 1. The molecule has 5 heteroatoms. The zero-order chi connectivity index (χ0) is 12.3. The Morgan fingerprint density at radius 1 is 1.41 bits per heavy atom. The molecule has 0 saturated carbocycles. The molecule has 0 aliphatic carbocycles. The van der Waals surface area contributed by atoms with Crippen LogP contribution in [-0.2, 0) is 6.54 Å². The molecule has 17 heavy (non-hydrogen) atoms. The van der Waals surface area contributed by atoms with Crippen LogP contribution in [0.4, 0.5) is 4.39 Å². The van der Waals surface area contributed by atoms with Gasteiger partial charge in [-0.1, -0.05) is 17.3 Å². The Hall–Kier alpha value is -1.62. The number of hydrogen-bond donors (Lipinski definition) is 2. The van der Waals surface area contributed by atoms with Crippen LogP contribution < -0.4 is 5.73 Å². The van der Waals surface area contributed by atoms with Crippen molar-refractivity contribution < 1.29 is 9.60 Å². The highest BCUT2D eigenvalue weighted by molar-refractivity contribution is 5.97. The van der Waals surface area contributed by atoms with Crippen LogP contribution in [-0.4, -0.2) is 29.0 Å². The molecule has 2 rings (SSSR count). The van der Waals surface area contributed by atoms with Gasteiger partial charge < -0.3 is 10.9 Å². The predicted molar refractivity (Wildman–Crippen MR) is 63.4 cm³/mol. The van der Waals surface area contributed by atoms with E-state index < -0.39 is 5.82 Å². The second-order valence-electron chi connectivity index (χ2n) is 4.25. The number of nitrogens with two attached hydrogens (primary N) is 1. The van der Waals surface area contributed by atoms with Crippen molar-refractivity contribution in [3.63, 3.8) is 0 Å². The first kappa shape index (κ1) is 11.9. The van der Waals surface area contributed by atoms with E-state index in [1.807, 2.05) is 0 Å². The fraction of sp³-hybridized carbons (Fsp3) is 0.417. The molecule has 1 saturated heterocycles. The topological polar surface area (TPSA) is 61.9 Å². The Morgan fingerprint density at radius 2 is 2.12 bits per heavy atom. The van der Waals surface area contributed by atoms with Gasteiger partial charge in [0.15, 0.2) is 5.84 Å². The van der Waals surface area contributed by atoms with Crippen LogP contribution >= 0.6 is 0 Å². The SMILES string of the molecule is N/C(=N/O)c1cccc(CN2CCCC2)c1F. The summed E-state index contributed by atoms with van der Waals surface area (Å²) in [5.74, 6) is -0.583. The van der Waals surface area contributed by atoms with E-state index in [2.05, 4.69) is 10.1 Å². The Morgan fingerprint density at radius 3 is 2.76 bits per heavy atom. The summed E-state index contributed by atoms with van der Waals surface area (Å²) in [7, 11) is 0. The summed E-state index contributed by atoms with van der Waals surface area (Å²) in [6.07, 6.45) is 2.34. The van der Waals surface area contributed by atoms with Crippen molar-refractivity contribution in [1.29, 1.82) is 0 Å². The van der Waals surface area contributed by atoms with Crippen molar-refractivity contribution in [2.75, 3.05) is 13.1 Å². The third-order valence-corrected chi connectivity index (χ3v) is 3.06. The van der Waals surface area contributed by atoms with E-state index in [1.165, 1.54) is 18.9 Å². The molecule has 4 nitrogen and oxygen atoms in total. The van der Waals surface area contributed by atoms with E-state index in [4.69, 9.17) is 10.9 Å². The number of benzene rings is 1. The molecule has 0 unspecified atom stereocenters. The van der Waals surface area contributed by atoms with E-state index in [-0.39, 0.29) is 11.4 Å². The number of hydrogen-bond acceptors (Lipinski definition) is 3. The number of likely N-dealkylation sites (tertiary alicyclic amines) is 1. The van der Waals surface area contributed by atoms with Crippen molar-refractivity contribution >= 4 is 5.84 Å². The molecular formula is C12H16FN3O. The van der Waals surface area contributed by atoms with Gasteiger partial charge in [0, 0.05) is 12.1 Å². The number of rotatable bonds is 3. The van der Waals surface area contributed by atoms with Gasteiger partial charge in [-0.3, -0.25) is 4.90 Å². The molecule has 1 aliphatic rings. The fourth-order valence-corrected chi connectivity index (χ4v) is 2.14. The predicted octanol–water partition coefficient (Wildman–Crippen LogP) is 1.52. The van der Waals surface area contributed by atoms with Gasteiger partial charge in [-0.05, 0) is 32.0 Å². The van der Waals surface area contributed by atoms with Crippen LogP contribution in [0, 0.1) is 5.82 Å². The zero-order valence-electron chi connectivity index (χ0n) is 9.56. The largest absolute Gasteiger partial charge is 0.409 e. The van der Waals surface area contributed by atoms with Crippen molar-refractivity contribution in [2.45, 2.75) is 19.4 Å². The number of halogens is 1. The Kier molecular flexibility index (Phi) is 3.58. The maximum atomic E-state index is 14.1. The van der Waals surface area contributed by atoms with Crippen molar-refractivity contribution in [3.05, 3.63) is 35.1 Å². The standard InChI is InChI=1S/C12H16FN3O/c13-11-9(8-16-6-1-2-7-16)4-3-5-10(11)12(14)15-17/h3-5,17H,1-2,6-8H2,(H2,14,15). The van der Waals surface area contributed by atoms with E-state index in [1.54, 1.807) is 12.1 Å². The van der Waals surface area contributed by atoms with Gasteiger partial charge in [0.1, 0.15) is 5.82 Å². The van der Waals surface area contributed by atoms with Crippen LogP contribution in [0.2, 0.25) is 0 Å². The molecular weight excluding hydrogens is 221 g/mol. The third kappa shape index (κ3) is 2.55. The van der Waals surface area contributed by atoms with E-state index in [0.29, 0.717) is 12.1 Å². The maximum Gasteiger partial charge on any atom is 0.173 e. The second kappa shape index (κ2) is 5.14. The Labute approximate surface area is 99.5 Å². The van der Waals surface area contributed by atoms with Gasteiger partial charge in [0.2, 0.25) is 0 Å². The molecule has 92 valence electrons. The second-order valence-corrected chi connectivity index (χ2v) is 4.25. The van der Waals surface area contributed by atoms with Crippen LogP contribution in [0.1, 0.15) is 24.0 Å². The molecule has 0 atom stereocenters. The first-order chi connectivity index (χ1) is 8.22. The minimum atomic E-state index is -0.394. The Balaban J connectivity index is 2.22. The smallest absolute Gasteiger partial charge is 0.173 e. The lowest BCUT2D eigenvalue weighted by molar-refractivity contribution is 0.317. The molecule has 0 radical (unpaired) electrons. The van der Waals surface area contributed by atoms with Gasteiger partial charge in [-0.15, -0.1) is 0 Å². The van der Waals surface area contributed by atoms with Crippen LogP contribution in [0.3, 0.4) is 0 Å². The number of amidine groups is 1. The summed E-state index contributed by atoms with van der Waals surface area (Å²) in [5.41, 5.74) is 6.17. The summed E-state index contributed by atoms with van der Waals surface area (Å²) >= 11 is 0. The van der Waals surface area contributed by atoms with Crippen LogP contribution in [0.25, 0.3) is 0 Å². The zero-order valence-corrected chi connectivity index (χ0v) is 9.56. The minimum Gasteiger partial charge on any atom is -0.409 e. The molecule has 1 aromatic carbocycles. The minimum absolute atomic E-state index is 0.157. The van der Waals surface area contributed by atoms with Gasteiger partial charge in [0.25, 0.3) is 0 Å². The average molecular weight is 237 g/mol. The molecule has 1 aliphatic heterocycles. The highest BCUT2D eigenvalue weighted by atomic mass is 19.1. The molecule has 0 aromatic heterocycles. The van der Waals surface area contributed by atoms with Gasteiger partial charge >= 0.3 is 0 Å². The van der Waals surface area contributed by atoms with Gasteiger partial charge in [0.05, 0.1) is 5.56 Å². The molecule has 1 fully saturated rings. The summed E-state index contributed by atoms with van der Waals surface area (Å²) in [6.45, 7) is 2.60. The monoisotopic (exact) mass is 237 g/mol. The van der Waals surface area contributed by atoms with E-state index in [9.17, 15) is 4.39 Å². The molecule has 1 aromatic rings. The van der Waals surface area contributed by atoms with Crippen molar-refractivity contribution in [3.8, 4) is 0 Å². The van der Waals surface area contributed by atoms with Gasteiger partial charge in [-0.25, -0.2) is 4.39 Å². The first-order valence-corrected chi connectivity index (χ1v) is 5.70. The molecule has 0 spiro atoms. The summed E-state index contributed by atoms with van der Waals surface area (Å²) < 4.78 is 14.1. The highest BCUT2D eigenvalue weighted by Crippen LogP contribution is 2.17. The normalized spacial score (nSPS) is 17.6. The summed E-state index contributed by atoms with van der Waals surface area (Å²) in [5, 5.41) is 11.4. The van der Waals surface area contributed by atoms with Crippen LogP contribution in [0.5, 0.6) is 0 Å².